The number of esters is 1. The number of hydrogen-bond acceptors (Lipinski definition) is 5. The summed E-state index contributed by atoms with van der Waals surface area (Å²) in [5.41, 5.74) is 0.805. The lowest BCUT2D eigenvalue weighted by atomic mass is 9.98. The van der Waals surface area contributed by atoms with Crippen LogP contribution in [0.25, 0.3) is 6.08 Å². The van der Waals surface area contributed by atoms with Crippen LogP contribution in [0.4, 0.5) is 0 Å². The average molecular weight is 394 g/mol. The molecule has 1 saturated heterocycles. The highest BCUT2D eigenvalue weighted by Gasteiger charge is 2.31. The number of nitrogens with one attached hydrogen (secondary N) is 1. The molecule has 2 rings (SSSR count). The Bertz CT molecular complexity index is 767. The van der Waals surface area contributed by atoms with Gasteiger partial charge in [0.2, 0.25) is 10.0 Å². The molecule has 1 aromatic carbocycles. The van der Waals surface area contributed by atoms with Crippen molar-refractivity contribution in [1.82, 2.24) is 9.62 Å². The Labute approximate surface area is 160 Å². The van der Waals surface area contributed by atoms with Gasteiger partial charge in [-0.1, -0.05) is 30.3 Å². The minimum absolute atomic E-state index is 0.0198. The molecule has 0 radical (unpaired) electrons. The normalized spacial score (nSPS) is 16.6. The highest BCUT2D eigenvalue weighted by molar-refractivity contribution is 7.92. The minimum Gasteiger partial charge on any atom is -0.455 e. The van der Waals surface area contributed by atoms with Crippen LogP contribution in [-0.2, 0) is 24.3 Å². The molecule has 1 aliphatic rings. The molecular weight excluding hydrogens is 368 g/mol. The quantitative estimate of drug-likeness (QED) is 0.712. The SMILES string of the molecule is CC(C)NC(=O)COC(=O)C1CCN(S(=O)(=O)/C=C/c2ccccc2)CC1. The van der Waals surface area contributed by atoms with E-state index in [1.165, 1.54) is 9.71 Å². The molecule has 1 aromatic rings. The van der Waals surface area contributed by atoms with Crippen LogP contribution in [0.1, 0.15) is 32.3 Å². The van der Waals surface area contributed by atoms with Gasteiger partial charge in [-0.25, -0.2) is 8.42 Å². The zero-order chi connectivity index (χ0) is 19.9. The fraction of sp³-hybridized carbons (Fsp3) is 0.474. The number of sulfonamides is 1. The summed E-state index contributed by atoms with van der Waals surface area (Å²) in [6.07, 6.45) is 2.31. The molecule has 0 spiro atoms. The monoisotopic (exact) mass is 394 g/mol. The molecule has 148 valence electrons. The largest absolute Gasteiger partial charge is 0.455 e. The van der Waals surface area contributed by atoms with Gasteiger partial charge in [-0.05, 0) is 38.3 Å². The van der Waals surface area contributed by atoms with Crippen molar-refractivity contribution in [2.24, 2.45) is 5.92 Å². The number of amides is 1. The van der Waals surface area contributed by atoms with Gasteiger partial charge in [0.15, 0.2) is 6.61 Å². The van der Waals surface area contributed by atoms with Crippen LogP contribution in [0.3, 0.4) is 0 Å². The molecule has 1 amide bonds. The topological polar surface area (TPSA) is 92.8 Å². The Hall–Kier alpha value is -2.19. The van der Waals surface area contributed by atoms with Crippen molar-refractivity contribution in [1.29, 1.82) is 0 Å². The highest BCUT2D eigenvalue weighted by Crippen LogP contribution is 2.22. The van der Waals surface area contributed by atoms with E-state index in [9.17, 15) is 18.0 Å². The second-order valence-corrected chi connectivity index (χ2v) is 8.58. The van der Waals surface area contributed by atoms with Crippen molar-refractivity contribution in [3.8, 4) is 0 Å². The average Bonchev–Trinajstić information content (AvgIpc) is 2.65. The van der Waals surface area contributed by atoms with E-state index in [0.29, 0.717) is 12.8 Å². The van der Waals surface area contributed by atoms with Crippen LogP contribution in [0.5, 0.6) is 0 Å². The number of ether oxygens (including phenoxy) is 1. The second-order valence-electron chi connectivity index (χ2n) is 6.76. The van der Waals surface area contributed by atoms with E-state index in [4.69, 9.17) is 4.74 Å². The van der Waals surface area contributed by atoms with Crippen LogP contribution in [-0.4, -0.2) is 50.3 Å². The Morgan fingerprint density at radius 3 is 2.44 bits per heavy atom. The van der Waals surface area contributed by atoms with Crippen LogP contribution in [0.2, 0.25) is 0 Å². The maximum Gasteiger partial charge on any atom is 0.309 e. The lowest BCUT2D eigenvalue weighted by molar-refractivity contribution is -0.153. The predicted octanol–water partition coefficient (Wildman–Crippen LogP) is 1.77. The molecule has 1 fully saturated rings. The second kappa shape index (κ2) is 9.66. The molecule has 0 unspecified atom stereocenters. The fourth-order valence-electron chi connectivity index (χ4n) is 2.78. The van der Waals surface area contributed by atoms with Crippen LogP contribution >= 0.6 is 0 Å². The first-order valence-corrected chi connectivity index (χ1v) is 10.5. The fourth-order valence-corrected chi connectivity index (χ4v) is 4.00. The molecule has 27 heavy (non-hydrogen) atoms. The zero-order valence-electron chi connectivity index (χ0n) is 15.6. The third-order valence-electron chi connectivity index (χ3n) is 4.17. The number of carbonyl (C=O) groups is 2. The van der Waals surface area contributed by atoms with E-state index in [0.717, 1.165) is 5.56 Å². The molecule has 1 aliphatic heterocycles. The number of nitrogens with zero attached hydrogens (tertiary/aromatic N) is 1. The summed E-state index contributed by atoms with van der Waals surface area (Å²) in [4.78, 5) is 23.6. The Morgan fingerprint density at radius 2 is 1.85 bits per heavy atom. The van der Waals surface area contributed by atoms with Crippen molar-refractivity contribution in [3.05, 3.63) is 41.3 Å². The first-order chi connectivity index (χ1) is 12.8. The zero-order valence-corrected chi connectivity index (χ0v) is 16.4. The van der Waals surface area contributed by atoms with Crippen LogP contribution in [0.15, 0.2) is 35.7 Å². The third-order valence-corrected chi connectivity index (χ3v) is 5.74. The van der Waals surface area contributed by atoms with Crippen molar-refractivity contribution in [3.63, 3.8) is 0 Å². The molecule has 0 atom stereocenters. The summed E-state index contributed by atoms with van der Waals surface area (Å²) in [6.45, 7) is 3.83. The molecule has 8 heteroatoms. The first kappa shape index (κ1) is 21.1. The van der Waals surface area contributed by atoms with Gasteiger partial charge in [0.1, 0.15) is 0 Å². The molecule has 7 nitrogen and oxygen atoms in total. The molecule has 0 aromatic heterocycles. The number of carbonyl (C=O) groups excluding carboxylic acids is 2. The van der Waals surface area contributed by atoms with E-state index in [2.05, 4.69) is 5.32 Å². The number of benzene rings is 1. The van der Waals surface area contributed by atoms with Crippen molar-refractivity contribution in [2.45, 2.75) is 32.7 Å². The van der Waals surface area contributed by atoms with Gasteiger partial charge in [0, 0.05) is 24.5 Å². The summed E-state index contributed by atoms with van der Waals surface area (Å²) < 4.78 is 31.2. The summed E-state index contributed by atoms with van der Waals surface area (Å²) in [6, 6.07) is 9.17. The standard InChI is InChI=1S/C19H26N2O5S/c1-15(2)20-18(22)14-26-19(23)17-8-11-21(12-9-17)27(24,25)13-10-16-6-4-3-5-7-16/h3-7,10,13,15,17H,8-9,11-12,14H2,1-2H3,(H,20,22)/b13-10+. The van der Waals surface area contributed by atoms with E-state index in [1.54, 1.807) is 6.08 Å². The Morgan fingerprint density at radius 1 is 1.22 bits per heavy atom. The van der Waals surface area contributed by atoms with E-state index in [1.807, 2.05) is 44.2 Å². The molecule has 1 heterocycles. The summed E-state index contributed by atoms with van der Waals surface area (Å²) in [5.74, 6) is -1.18. The Kier molecular flexibility index (Phi) is 7.55. The third kappa shape index (κ3) is 6.80. The summed E-state index contributed by atoms with van der Waals surface area (Å²) in [5, 5.41) is 3.84. The van der Waals surface area contributed by atoms with Gasteiger partial charge in [0.05, 0.1) is 5.92 Å². The Balaban J connectivity index is 1.82. The highest BCUT2D eigenvalue weighted by atomic mass is 32.2. The van der Waals surface area contributed by atoms with E-state index >= 15 is 0 Å². The molecule has 0 bridgehead atoms. The van der Waals surface area contributed by atoms with Gasteiger partial charge in [0.25, 0.3) is 5.91 Å². The van der Waals surface area contributed by atoms with Crippen molar-refractivity contribution >= 4 is 28.0 Å². The van der Waals surface area contributed by atoms with Gasteiger partial charge in [-0.15, -0.1) is 0 Å². The number of rotatable bonds is 7. The number of piperidine rings is 1. The lowest BCUT2D eigenvalue weighted by Gasteiger charge is -2.29. The van der Waals surface area contributed by atoms with Crippen LogP contribution < -0.4 is 5.32 Å². The van der Waals surface area contributed by atoms with Crippen molar-refractivity contribution < 1.29 is 22.7 Å². The maximum atomic E-state index is 12.4. The smallest absolute Gasteiger partial charge is 0.309 e. The van der Waals surface area contributed by atoms with E-state index in [-0.39, 0.29) is 37.6 Å². The lowest BCUT2D eigenvalue weighted by Crippen LogP contribution is -2.40. The summed E-state index contributed by atoms with van der Waals surface area (Å²) >= 11 is 0. The molecule has 1 N–H and O–H groups in total. The molecule has 0 saturated carbocycles. The van der Waals surface area contributed by atoms with Gasteiger partial charge in [-0.2, -0.15) is 4.31 Å². The van der Waals surface area contributed by atoms with Crippen LogP contribution in [0, 0.1) is 5.92 Å². The maximum absolute atomic E-state index is 12.4. The first-order valence-electron chi connectivity index (χ1n) is 8.97. The van der Waals surface area contributed by atoms with Gasteiger partial charge < -0.3 is 10.1 Å². The van der Waals surface area contributed by atoms with E-state index < -0.39 is 16.0 Å². The predicted molar refractivity (Wildman–Crippen MR) is 103 cm³/mol. The minimum atomic E-state index is -3.53. The number of hydrogen-bond donors (Lipinski definition) is 1. The van der Waals surface area contributed by atoms with Gasteiger partial charge in [-0.3, -0.25) is 9.59 Å². The molecule has 0 aliphatic carbocycles. The van der Waals surface area contributed by atoms with Gasteiger partial charge >= 0.3 is 5.97 Å². The molecular formula is C19H26N2O5S. The van der Waals surface area contributed by atoms with Crippen molar-refractivity contribution in [2.75, 3.05) is 19.7 Å². The summed E-state index contributed by atoms with van der Waals surface area (Å²) in [7, 11) is -3.53.